The van der Waals surface area contributed by atoms with Gasteiger partial charge in [0.1, 0.15) is 0 Å². The van der Waals surface area contributed by atoms with Gasteiger partial charge in [-0.05, 0) is 12.1 Å². The van der Waals surface area contributed by atoms with Crippen molar-refractivity contribution in [3.63, 3.8) is 0 Å². The van der Waals surface area contributed by atoms with Crippen molar-refractivity contribution in [2.75, 3.05) is 0 Å². The fraction of sp³-hybridized carbons (Fsp3) is 0. The number of carbonyl (C=O) groups is 1. The third-order valence-electron chi connectivity index (χ3n) is 1.54. The van der Waals surface area contributed by atoms with E-state index in [1.165, 1.54) is 24.3 Å². The van der Waals surface area contributed by atoms with E-state index in [4.69, 9.17) is 5.11 Å². The Kier molecular flexibility index (Phi) is 5.04. The maximum Gasteiger partial charge on any atom is 0.328 e. The molecule has 0 atom stereocenters. The first kappa shape index (κ1) is 13.1. The molecule has 1 aromatic rings. The number of nitro benzene ring substituents is 1. The van der Waals surface area contributed by atoms with Crippen LogP contribution < -0.4 is 0 Å². The molecule has 0 bridgehead atoms. The van der Waals surface area contributed by atoms with Crippen molar-refractivity contribution in [2.45, 2.75) is 0 Å². The standard InChI is InChI=1S/C9H7NO4.ClH/c11-9(12)6-5-7-3-1-2-4-8(7)10(13)14;/h1-6H,(H,11,12);1H. The number of para-hydroxylation sites is 1. The molecule has 0 saturated carbocycles. The van der Waals surface area contributed by atoms with Crippen LogP contribution in [0.1, 0.15) is 5.56 Å². The quantitative estimate of drug-likeness (QED) is 0.489. The van der Waals surface area contributed by atoms with Gasteiger partial charge in [-0.1, -0.05) is 12.1 Å². The summed E-state index contributed by atoms with van der Waals surface area (Å²) < 4.78 is 0. The zero-order chi connectivity index (χ0) is 10.6. The topological polar surface area (TPSA) is 80.4 Å². The molecule has 1 rings (SSSR count). The number of benzene rings is 1. The molecule has 0 aliphatic rings. The first-order valence-corrected chi connectivity index (χ1v) is 3.75. The van der Waals surface area contributed by atoms with Crippen molar-refractivity contribution in [2.24, 2.45) is 0 Å². The second kappa shape index (κ2) is 5.77. The number of carboxylic acids is 1. The highest BCUT2D eigenvalue weighted by Crippen LogP contribution is 2.18. The summed E-state index contributed by atoms with van der Waals surface area (Å²) in [6, 6.07) is 5.93. The molecular formula is C9H8ClNO4. The Morgan fingerprint density at radius 3 is 2.53 bits per heavy atom. The van der Waals surface area contributed by atoms with Gasteiger partial charge in [0, 0.05) is 12.1 Å². The molecule has 1 aromatic carbocycles. The van der Waals surface area contributed by atoms with Crippen LogP contribution in [-0.4, -0.2) is 16.0 Å². The third kappa shape index (κ3) is 3.78. The molecule has 0 amide bonds. The van der Waals surface area contributed by atoms with Crippen LogP contribution in [0.25, 0.3) is 6.08 Å². The van der Waals surface area contributed by atoms with Gasteiger partial charge in [-0.2, -0.15) is 0 Å². The number of hydrogen-bond acceptors (Lipinski definition) is 3. The van der Waals surface area contributed by atoms with E-state index in [1.807, 2.05) is 0 Å². The van der Waals surface area contributed by atoms with Gasteiger partial charge in [0.2, 0.25) is 0 Å². The highest BCUT2D eigenvalue weighted by Gasteiger charge is 2.09. The molecule has 0 fully saturated rings. The monoisotopic (exact) mass is 229 g/mol. The SMILES string of the molecule is Cl.O=C(O)C=Cc1ccccc1[N+](=O)[O-]. The van der Waals surface area contributed by atoms with Gasteiger partial charge < -0.3 is 5.11 Å². The van der Waals surface area contributed by atoms with E-state index in [0.717, 1.165) is 6.08 Å². The number of carboxylic acid groups (broad SMARTS) is 1. The highest BCUT2D eigenvalue weighted by molar-refractivity contribution is 5.86. The fourth-order valence-corrected chi connectivity index (χ4v) is 0.956. The number of nitro groups is 1. The van der Waals surface area contributed by atoms with E-state index in [0.29, 0.717) is 0 Å². The van der Waals surface area contributed by atoms with Gasteiger partial charge in [-0.3, -0.25) is 10.1 Å². The zero-order valence-electron chi connectivity index (χ0n) is 7.49. The summed E-state index contributed by atoms with van der Waals surface area (Å²) in [4.78, 5) is 20.1. The Labute approximate surface area is 91.6 Å². The van der Waals surface area contributed by atoms with Gasteiger partial charge in [-0.25, -0.2) is 4.79 Å². The van der Waals surface area contributed by atoms with Crippen LogP contribution >= 0.6 is 12.4 Å². The molecule has 0 aliphatic carbocycles. The summed E-state index contributed by atoms with van der Waals surface area (Å²) in [6.45, 7) is 0. The summed E-state index contributed by atoms with van der Waals surface area (Å²) >= 11 is 0. The first-order chi connectivity index (χ1) is 6.61. The predicted molar refractivity (Wildman–Crippen MR) is 57.0 cm³/mol. The lowest BCUT2D eigenvalue weighted by molar-refractivity contribution is -0.385. The van der Waals surface area contributed by atoms with Crippen LogP contribution in [0.15, 0.2) is 30.3 Å². The van der Waals surface area contributed by atoms with Crippen molar-refractivity contribution < 1.29 is 14.8 Å². The fourth-order valence-electron chi connectivity index (χ4n) is 0.956. The Morgan fingerprint density at radius 2 is 2.00 bits per heavy atom. The van der Waals surface area contributed by atoms with Crippen LogP contribution in [0, 0.1) is 10.1 Å². The van der Waals surface area contributed by atoms with E-state index in [9.17, 15) is 14.9 Å². The van der Waals surface area contributed by atoms with Crippen molar-refractivity contribution in [1.29, 1.82) is 0 Å². The molecule has 0 aliphatic heterocycles. The molecule has 0 radical (unpaired) electrons. The molecule has 1 N–H and O–H groups in total. The van der Waals surface area contributed by atoms with Crippen LogP contribution in [0.4, 0.5) is 5.69 Å². The number of hydrogen-bond donors (Lipinski definition) is 1. The van der Waals surface area contributed by atoms with E-state index >= 15 is 0 Å². The largest absolute Gasteiger partial charge is 0.478 e. The van der Waals surface area contributed by atoms with Crippen LogP contribution in [-0.2, 0) is 4.79 Å². The number of aliphatic carboxylic acids is 1. The van der Waals surface area contributed by atoms with Gasteiger partial charge in [0.05, 0.1) is 10.5 Å². The summed E-state index contributed by atoms with van der Waals surface area (Å²) in [7, 11) is 0. The molecule has 0 saturated heterocycles. The Hall–Kier alpha value is -1.88. The number of rotatable bonds is 3. The summed E-state index contributed by atoms with van der Waals surface area (Å²) in [5, 5.41) is 18.8. The summed E-state index contributed by atoms with van der Waals surface area (Å²) in [5.74, 6) is -1.14. The van der Waals surface area contributed by atoms with E-state index in [-0.39, 0.29) is 23.7 Å². The normalized spacial score (nSPS) is 9.60. The van der Waals surface area contributed by atoms with Gasteiger partial charge >= 0.3 is 5.97 Å². The Bertz CT molecular complexity index is 403. The van der Waals surface area contributed by atoms with Gasteiger partial charge in [0.15, 0.2) is 0 Å². The highest BCUT2D eigenvalue weighted by atomic mass is 35.5. The summed E-state index contributed by atoms with van der Waals surface area (Å²) in [6.07, 6.45) is 2.06. The third-order valence-corrected chi connectivity index (χ3v) is 1.54. The molecular weight excluding hydrogens is 222 g/mol. The average Bonchev–Trinajstić information content (AvgIpc) is 2.15. The summed E-state index contributed by atoms with van der Waals surface area (Å²) in [5.41, 5.74) is 0.171. The van der Waals surface area contributed by atoms with Crippen LogP contribution in [0.2, 0.25) is 0 Å². The molecule has 0 heterocycles. The van der Waals surface area contributed by atoms with Gasteiger partial charge in [-0.15, -0.1) is 12.4 Å². The zero-order valence-corrected chi connectivity index (χ0v) is 8.31. The van der Waals surface area contributed by atoms with Crippen LogP contribution in [0.5, 0.6) is 0 Å². The van der Waals surface area contributed by atoms with E-state index in [1.54, 1.807) is 6.07 Å². The minimum atomic E-state index is -1.14. The van der Waals surface area contributed by atoms with Crippen molar-refractivity contribution >= 4 is 30.1 Å². The first-order valence-electron chi connectivity index (χ1n) is 3.75. The predicted octanol–water partition coefficient (Wildman–Crippen LogP) is 2.11. The lowest BCUT2D eigenvalue weighted by atomic mass is 10.1. The van der Waals surface area contributed by atoms with E-state index < -0.39 is 10.9 Å². The maximum atomic E-state index is 10.5. The lowest BCUT2D eigenvalue weighted by Crippen LogP contribution is -1.91. The van der Waals surface area contributed by atoms with Crippen molar-refractivity contribution in [1.82, 2.24) is 0 Å². The number of nitrogens with zero attached hydrogens (tertiary/aromatic N) is 1. The lowest BCUT2D eigenvalue weighted by Gasteiger charge is -1.94. The molecule has 0 aromatic heterocycles. The average molecular weight is 230 g/mol. The van der Waals surface area contributed by atoms with Crippen molar-refractivity contribution in [3.8, 4) is 0 Å². The molecule has 5 nitrogen and oxygen atoms in total. The van der Waals surface area contributed by atoms with E-state index in [2.05, 4.69) is 0 Å². The minimum absolute atomic E-state index is 0. The second-order valence-corrected chi connectivity index (χ2v) is 2.49. The maximum absolute atomic E-state index is 10.5. The van der Waals surface area contributed by atoms with Crippen LogP contribution in [0.3, 0.4) is 0 Å². The van der Waals surface area contributed by atoms with Gasteiger partial charge in [0.25, 0.3) is 5.69 Å². The molecule has 80 valence electrons. The second-order valence-electron chi connectivity index (χ2n) is 2.49. The molecule has 0 spiro atoms. The Morgan fingerprint density at radius 1 is 1.40 bits per heavy atom. The molecule has 6 heteroatoms. The van der Waals surface area contributed by atoms with Crippen molar-refractivity contribution in [3.05, 3.63) is 46.0 Å². The minimum Gasteiger partial charge on any atom is -0.478 e. The Balaban J connectivity index is 0.00000196. The molecule has 15 heavy (non-hydrogen) atoms. The molecule has 0 unspecified atom stereocenters. The smallest absolute Gasteiger partial charge is 0.328 e. The number of halogens is 1.